The van der Waals surface area contributed by atoms with Gasteiger partial charge in [0, 0.05) is 18.2 Å². The molecule has 0 heterocycles. The number of nitrogens with one attached hydrogen (secondary N) is 1. The van der Waals surface area contributed by atoms with E-state index in [-0.39, 0.29) is 11.9 Å². The van der Waals surface area contributed by atoms with E-state index in [0.29, 0.717) is 31.3 Å². The molecule has 1 aromatic rings. The van der Waals surface area contributed by atoms with Crippen molar-refractivity contribution in [3.63, 3.8) is 0 Å². The van der Waals surface area contributed by atoms with E-state index in [1.54, 1.807) is 13.2 Å². The second kappa shape index (κ2) is 10.1. The Morgan fingerprint density at radius 3 is 2.85 bits per heavy atom. The van der Waals surface area contributed by atoms with E-state index in [9.17, 15) is 4.39 Å². The summed E-state index contributed by atoms with van der Waals surface area (Å²) in [6.07, 6.45) is 1.68. The van der Waals surface area contributed by atoms with Gasteiger partial charge in [0.05, 0.1) is 19.8 Å². The van der Waals surface area contributed by atoms with Crippen molar-refractivity contribution in [2.24, 2.45) is 0 Å². The van der Waals surface area contributed by atoms with E-state index in [1.807, 2.05) is 0 Å². The quantitative estimate of drug-likeness (QED) is 0.674. The highest BCUT2D eigenvalue weighted by Gasteiger charge is 2.12. The molecular weight excluding hydrogens is 281 g/mol. The van der Waals surface area contributed by atoms with Gasteiger partial charge in [-0.1, -0.05) is 18.5 Å². The fraction of sp³-hybridized carbons (Fsp3) is 0.600. The number of ether oxygens (including phenoxy) is 2. The normalized spacial score (nSPS) is 12.6. The maximum atomic E-state index is 13.3. The molecule has 1 unspecified atom stereocenters. The number of hydrogen-bond acceptors (Lipinski definition) is 3. The van der Waals surface area contributed by atoms with Crippen LogP contribution in [0.2, 0.25) is 5.02 Å². The molecule has 114 valence electrons. The van der Waals surface area contributed by atoms with Gasteiger partial charge in [-0.25, -0.2) is 4.39 Å². The molecule has 0 aliphatic rings. The smallest absolute Gasteiger partial charge is 0.123 e. The summed E-state index contributed by atoms with van der Waals surface area (Å²) in [5.74, 6) is -0.265. The standard InChI is InChI=1S/C15H23ClFNO2/c1-3-6-18-14(11-20-8-7-19-2)10-12-9-13(17)4-5-15(12)16/h4-5,9,14,18H,3,6-8,10-11H2,1-2H3. The Bertz CT molecular complexity index is 390. The van der Waals surface area contributed by atoms with E-state index in [1.165, 1.54) is 12.1 Å². The lowest BCUT2D eigenvalue weighted by atomic mass is 10.1. The Morgan fingerprint density at radius 2 is 2.15 bits per heavy atom. The number of benzene rings is 1. The third-order valence-electron chi connectivity index (χ3n) is 2.91. The van der Waals surface area contributed by atoms with E-state index in [2.05, 4.69) is 12.2 Å². The topological polar surface area (TPSA) is 30.5 Å². The molecule has 1 atom stereocenters. The van der Waals surface area contributed by atoms with Crippen LogP contribution in [0.15, 0.2) is 18.2 Å². The summed E-state index contributed by atoms with van der Waals surface area (Å²) in [6, 6.07) is 4.56. The van der Waals surface area contributed by atoms with Gasteiger partial charge in [-0.15, -0.1) is 0 Å². The minimum Gasteiger partial charge on any atom is -0.382 e. The zero-order chi connectivity index (χ0) is 14.8. The van der Waals surface area contributed by atoms with Crippen LogP contribution >= 0.6 is 11.6 Å². The van der Waals surface area contributed by atoms with Crippen LogP contribution in [0.1, 0.15) is 18.9 Å². The molecule has 0 radical (unpaired) electrons. The van der Waals surface area contributed by atoms with Crippen LogP contribution in [0.5, 0.6) is 0 Å². The van der Waals surface area contributed by atoms with Crippen LogP contribution in [0.3, 0.4) is 0 Å². The summed E-state index contributed by atoms with van der Waals surface area (Å²) in [4.78, 5) is 0. The Balaban J connectivity index is 2.55. The Labute approximate surface area is 125 Å². The molecule has 0 aliphatic heterocycles. The highest BCUT2D eigenvalue weighted by atomic mass is 35.5. The van der Waals surface area contributed by atoms with Gasteiger partial charge >= 0.3 is 0 Å². The molecule has 20 heavy (non-hydrogen) atoms. The Kier molecular flexibility index (Phi) is 8.78. The second-order valence-corrected chi connectivity index (χ2v) is 5.07. The van der Waals surface area contributed by atoms with Crippen molar-refractivity contribution in [2.45, 2.75) is 25.8 Å². The van der Waals surface area contributed by atoms with Gasteiger partial charge in [-0.2, -0.15) is 0 Å². The van der Waals surface area contributed by atoms with Crippen molar-refractivity contribution in [1.29, 1.82) is 0 Å². The van der Waals surface area contributed by atoms with Crippen LogP contribution < -0.4 is 5.32 Å². The van der Waals surface area contributed by atoms with Gasteiger partial charge < -0.3 is 14.8 Å². The van der Waals surface area contributed by atoms with Crippen LogP contribution in [0.4, 0.5) is 4.39 Å². The van der Waals surface area contributed by atoms with Crippen LogP contribution in [-0.4, -0.2) is 39.5 Å². The highest BCUT2D eigenvalue weighted by molar-refractivity contribution is 6.31. The van der Waals surface area contributed by atoms with Gasteiger partial charge in [-0.3, -0.25) is 0 Å². The van der Waals surface area contributed by atoms with Gasteiger partial charge in [0.15, 0.2) is 0 Å². The first-order valence-corrected chi connectivity index (χ1v) is 7.29. The average molecular weight is 304 g/mol. The largest absolute Gasteiger partial charge is 0.382 e. The molecule has 1 N–H and O–H groups in total. The minimum absolute atomic E-state index is 0.117. The maximum absolute atomic E-state index is 13.3. The molecule has 0 amide bonds. The average Bonchev–Trinajstić information content (AvgIpc) is 2.44. The molecule has 5 heteroatoms. The van der Waals surface area contributed by atoms with Crippen molar-refractivity contribution in [1.82, 2.24) is 5.32 Å². The summed E-state index contributed by atoms with van der Waals surface area (Å²) >= 11 is 6.10. The van der Waals surface area contributed by atoms with Crippen molar-refractivity contribution in [2.75, 3.05) is 33.5 Å². The van der Waals surface area contributed by atoms with E-state index < -0.39 is 0 Å². The van der Waals surface area contributed by atoms with Gasteiger partial charge in [0.2, 0.25) is 0 Å². The molecule has 0 bridgehead atoms. The van der Waals surface area contributed by atoms with Gasteiger partial charge in [0.1, 0.15) is 5.82 Å². The van der Waals surface area contributed by atoms with E-state index >= 15 is 0 Å². The number of methoxy groups -OCH3 is 1. The predicted octanol–water partition coefficient (Wildman–Crippen LogP) is 3.05. The van der Waals surface area contributed by atoms with E-state index in [4.69, 9.17) is 21.1 Å². The first-order chi connectivity index (χ1) is 9.67. The van der Waals surface area contributed by atoms with Gasteiger partial charge in [-0.05, 0) is 43.1 Å². The third kappa shape index (κ3) is 6.66. The molecule has 0 saturated carbocycles. The number of hydrogen-bond donors (Lipinski definition) is 1. The third-order valence-corrected chi connectivity index (χ3v) is 3.28. The highest BCUT2D eigenvalue weighted by Crippen LogP contribution is 2.18. The lowest BCUT2D eigenvalue weighted by molar-refractivity contribution is 0.0587. The summed E-state index contributed by atoms with van der Waals surface area (Å²) in [7, 11) is 1.64. The summed E-state index contributed by atoms with van der Waals surface area (Å²) < 4.78 is 23.8. The molecular formula is C15H23ClFNO2. The monoisotopic (exact) mass is 303 g/mol. The van der Waals surface area contributed by atoms with Crippen molar-refractivity contribution in [3.05, 3.63) is 34.6 Å². The van der Waals surface area contributed by atoms with Crippen molar-refractivity contribution < 1.29 is 13.9 Å². The molecule has 0 saturated heterocycles. The number of halogens is 2. The summed E-state index contributed by atoms with van der Waals surface area (Å²) in [5, 5.41) is 3.98. The molecule has 0 aromatic heterocycles. The molecule has 0 spiro atoms. The SMILES string of the molecule is CCCNC(COCCOC)Cc1cc(F)ccc1Cl. The summed E-state index contributed by atoms with van der Waals surface area (Å²) in [6.45, 7) is 4.67. The molecule has 3 nitrogen and oxygen atoms in total. The lowest BCUT2D eigenvalue weighted by Gasteiger charge is -2.19. The van der Waals surface area contributed by atoms with Crippen LogP contribution in [0, 0.1) is 5.82 Å². The molecule has 1 rings (SSSR count). The fourth-order valence-electron chi connectivity index (χ4n) is 1.87. The van der Waals surface area contributed by atoms with E-state index in [0.717, 1.165) is 18.5 Å². The zero-order valence-corrected chi connectivity index (χ0v) is 12.9. The minimum atomic E-state index is -0.265. The number of rotatable bonds is 10. The van der Waals surface area contributed by atoms with Crippen molar-refractivity contribution in [3.8, 4) is 0 Å². The lowest BCUT2D eigenvalue weighted by Crippen LogP contribution is -2.36. The molecule has 0 aliphatic carbocycles. The fourth-order valence-corrected chi connectivity index (χ4v) is 2.07. The van der Waals surface area contributed by atoms with Gasteiger partial charge in [0.25, 0.3) is 0 Å². The molecule has 0 fully saturated rings. The zero-order valence-electron chi connectivity index (χ0n) is 12.1. The maximum Gasteiger partial charge on any atom is 0.123 e. The van der Waals surface area contributed by atoms with Crippen LogP contribution in [-0.2, 0) is 15.9 Å². The second-order valence-electron chi connectivity index (χ2n) is 4.66. The first kappa shape index (κ1) is 17.4. The predicted molar refractivity (Wildman–Crippen MR) is 79.9 cm³/mol. The summed E-state index contributed by atoms with van der Waals surface area (Å²) in [5.41, 5.74) is 0.801. The van der Waals surface area contributed by atoms with Crippen LogP contribution in [0.25, 0.3) is 0 Å². The molecule has 1 aromatic carbocycles. The Morgan fingerprint density at radius 1 is 1.35 bits per heavy atom. The first-order valence-electron chi connectivity index (χ1n) is 6.91. The Hall–Kier alpha value is -0.680. The van der Waals surface area contributed by atoms with Crippen molar-refractivity contribution >= 4 is 11.6 Å².